The number of rotatable bonds is 7. The Morgan fingerprint density at radius 2 is 2.07 bits per heavy atom. The van der Waals surface area contributed by atoms with Crippen LogP contribution in [-0.4, -0.2) is 46.8 Å². The lowest BCUT2D eigenvalue weighted by Crippen LogP contribution is -2.48. The van der Waals surface area contributed by atoms with Gasteiger partial charge < -0.3 is 10.6 Å². The number of hydrogen-bond donors (Lipinski definition) is 2. The predicted molar refractivity (Wildman–Crippen MR) is 118 cm³/mol. The first-order valence-electron chi connectivity index (χ1n) is 10.4. The normalized spacial score (nSPS) is 16.5. The van der Waals surface area contributed by atoms with Crippen molar-refractivity contribution in [2.24, 2.45) is 12.0 Å². The second-order valence-corrected chi connectivity index (χ2v) is 8.23. The Kier molecular flexibility index (Phi) is 7.50. The highest BCUT2D eigenvalue weighted by molar-refractivity contribution is 7.07. The van der Waals surface area contributed by atoms with E-state index in [1.54, 1.807) is 11.3 Å². The van der Waals surface area contributed by atoms with Crippen LogP contribution in [0.4, 0.5) is 0 Å². The zero-order chi connectivity index (χ0) is 19.9. The lowest BCUT2D eigenvalue weighted by molar-refractivity contribution is 0.198. The van der Waals surface area contributed by atoms with Gasteiger partial charge in [0.15, 0.2) is 5.96 Å². The highest BCUT2D eigenvalue weighted by atomic mass is 32.1. The van der Waals surface area contributed by atoms with Crippen molar-refractivity contribution in [1.82, 2.24) is 25.3 Å². The maximum absolute atomic E-state index is 4.67. The molecule has 1 fully saturated rings. The Bertz CT molecular complexity index is 756. The number of likely N-dealkylation sites (tertiary alicyclic amines) is 1. The molecule has 0 amide bonds. The fourth-order valence-electron chi connectivity index (χ4n) is 4.03. The van der Waals surface area contributed by atoms with Crippen LogP contribution < -0.4 is 10.6 Å². The van der Waals surface area contributed by atoms with Crippen molar-refractivity contribution in [2.45, 2.75) is 58.7 Å². The molecule has 0 saturated carbocycles. The van der Waals surface area contributed by atoms with Gasteiger partial charge in [-0.05, 0) is 48.1 Å². The number of piperidine rings is 1. The van der Waals surface area contributed by atoms with Crippen LogP contribution in [0.3, 0.4) is 0 Å². The first-order valence-corrected chi connectivity index (χ1v) is 11.3. The quantitative estimate of drug-likeness (QED) is 0.552. The summed E-state index contributed by atoms with van der Waals surface area (Å²) in [4.78, 5) is 7.00. The number of aromatic nitrogens is 2. The van der Waals surface area contributed by atoms with Gasteiger partial charge >= 0.3 is 0 Å². The Hall–Kier alpha value is -1.86. The number of nitrogens with one attached hydrogen (secondary N) is 2. The Balaban J connectivity index is 1.49. The van der Waals surface area contributed by atoms with Crippen molar-refractivity contribution in [3.8, 4) is 0 Å². The first-order chi connectivity index (χ1) is 13.6. The van der Waals surface area contributed by atoms with Crippen LogP contribution in [0.5, 0.6) is 0 Å². The van der Waals surface area contributed by atoms with Gasteiger partial charge in [0.1, 0.15) is 0 Å². The lowest BCUT2D eigenvalue weighted by Gasteiger charge is -2.33. The molecule has 28 heavy (non-hydrogen) atoms. The molecule has 6 nitrogen and oxygen atoms in total. The van der Waals surface area contributed by atoms with Gasteiger partial charge in [-0.2, -0.15) is 16.4 Å². The van der Waals surface area contributed by atoms with E-state index in [1.807, 2.05) is 18.8 Å². The monoisotopic (exact) mass is 402 g/mol. The second-order valence-electron chi connectivity index (χ2n) is 7.45. The number of guanidine groups is 1. The minimum Gasteiger partial charge on any atom is -0.354 e. The molecule has 1 aliphatic heterocycles. The van der Waals surface area contributed by atoms with Crippen molar-refractivity contribution < 1.29 is 0 Å². The van der Waals surface area contributed by atoms with Crippen molar-refractivity contribution in [2.75, 3.05) is 20.1 Å². The Morgan fingerprint density at radius 1 is 1.29 bits per heavy atom. The smallest absolute Gasteiger partial charge is 0.191 e. The standard InChI is InChI=1S/C21H34N6S/c1-5-19-18(20(6-2)26(4)25-19)13-23-21(22-3)24-17-7-10-27(11-8-17)14-16-9-12-28-15-16/h9,12,15,17H,5-8,10-11,13-14H2,1-4H3,(H2,22,23,24). The van der Waals surface area contributed by atoms with E-state index in [0.717, 1.165) is 57.8 Å². The van der Waals surface area contributed by atoms with Gasteiger partial charge in [0.05, 0.1) is 5.69 Å². The highest BCUT2D eigenvalue weighted by Gasteiger charge is 2.20. The molecule has 0 radical (unpaired) electrons. The average molecular weight is 403 g/mol. The minimum absolute atomic E-state index is 0.482. The Labute approximate surface area is 173 Å². The maximum Gasteiger partial charge on any atom is 0.191 e. The maximum atomic E-state index is 4.67. The van der Waals surface area contributed by atoms with E-state index < -0.39 is 0 Å². The molecule has 3 heterocycles. The molecule has 2 aromatic heterocycles. The van der Waals surface area contributed by atoms with Gasteiger partial charge in [-0.15, -0.1) is 0 Å². The molecule has 0 spiro atoms. The van der Waals surface area contributed by atoms with Gasteiger partial charge in [-0.25, -0.2) is 0 Å². The van der Waals surface area contributed by atoms with Crippen molar-refractivity contribution >= 4 is 17.3 Å². The molecule has 0 unspecified atom stereocenters. The lowest BCUT2D eigenvalue weighted by atomic mass is 10.0. The Morgan fingerprint density at radius 3 is 2.68 bits per heavy atom. The summed E-state index contributed by atoms with van der Waals surface area (Å²) in [6, 6.07) is 2.71. The first kappa shape index (κ1) is 20.9. The molecule has 0 bridgehead atoms. The van der Waals surface area contributed by atoms with Gasteiger partial charge in [0.25, 0.3) is 0 Å². The van der Waals surface area contributed by atoms with Crippen LogP contribution in [0.1, 0.15) is 49.2 Å². The largest absolute Gasteiger partial charge is 0.354 e. The summed E-state index contributed by atoms with van der Waals surface area (Å²) in [7, 11) is 3.89. The molecule has 1 aliphatic rings. The van der Waals surface area contributed by atoms with Gasteiger partial charge in [-0.1, -0.05) is 13.8 Å². The summed E-state index contributed by atoms with van der Waals surface area (Å²) in [6.45, 7) is 8.47. The molecule has 7 heteroatoms. The third kappa shape index (κ3) is 5.14. The van der Waals surface area contributed by atoms with Crippen LogP contribution in [0, 0.1) is 0 Å². The van der Waals surface area contributed by atoms with Crippen molar-refractivity contribution in [1.29, 1.82) is 0 Å². The summed E-state index contributed by atoms with van der Waals surface area (Å²) >= 11 is 1.78. The van der Waals surface area contributed by atoms with Crippen LogP contribution in [0.15, 0.2) is 21.8 Å². The van der Waals surface area contributed by atoms with Gasteiger partial charge in [0, 0.05) is 57.6 Å². The van der Waals surface area contributed by atoms with E-state index in [0.29, 0.717) is 6.04 Å². The molecular formula is C21H34N6S. The molecule has 1 saturated heterocycles. The second kappa shape index (κ2) is 10.1. The van der Waals surface area contributed by atoms with E-state index in [9.17, 15) is 0 Å². The molecule has 0 aromatic carbocycles. The SMILES string of the molecule is CCc1nn(C)c(CC)c1CNC(=NC)NC1CCN(Cc2ccsc2)CC1. The molecule has 0 atom stereocenters. The minimum atomic E-state index is 0.482. The molecular weight excluding hydrogens is 368 g/mol. The zero-order valence-electron chi connectivity index (χ0n) is 17.7. The number of hydrogen-bond acceptors (Lipinski definition) is 4. The highest BCUT2D eigenvalue weighted by Crippen LogP contribution is 2.17. The average Bonchev–Trinajstić information content (AvgIpc) is 3.33. The number of aryl methyl sites for hydroxylation is 2. The summed E-state index contributed by atoms with van der Waals surface area (Å²) < 4.78 is 2.02. The van der Waals surface area contributed by atoms with Gasteiger partial charge in [-0.3, -0.25) is 14.6 Å². The fraction of sp³-hybridized carbons (Fsp3) is 0.619. The van der Waals surface area contributed by atoms with Crippen LogP contribution in [0.2, 0.25) is 0 Å². The van der Waals surface area contributed by atoms with E-state index in [1.165, 1.54) is 22.5 Å². The summed E-state index contributed by atoms with van der Waals surface area (Å²) in [6.07, 6.45) is 4.25. The number of aliphatic imine (C=N–C) groups is 1. The third-order valence-electron chi connectivity index (χ3n) is 5.60. The number of thiophene rings is 1. The van der Waals surface area contributed by atoms with E-state index in [-0.39, 0.29) is 0 Å². The predicted octanol–water partition coefficient (Wildman–Crippen LogP) is 2.94. The summed E-state index contributed by atoms with van der Waals surface area (Å²) in [5.41, 5.74) is 5.25. The van der Waals surface area contributed by atoms with E-state index >= 15 is 0 Å². The van der Waals surface area contributed by atoms with Crippen LogP contribution >= 0.6 is 11.3 Å². The van der Waals surface area contributed by atoms with Crippen molar-refractivity contribution in [3.05, 3.63) is 39.3 Å². The fourth-order valence-corrected chi connectivity index (χ4v) is 4.69. The molecule has 0 aliphatic carbocycles. The van der Waals surface area contributed by atoms with Crippen molar-refractivity contribution in [3.63, 3.8) is 0 Å². The zero-order valence-corrected chi connectivity index (χ0v) is 18.5. The van der Waals surface area contributed by atoms with Gasteiger partial charge in [0.2, 0.25) is 0 Å². The molecule has 154 valence electrons. The third-order valence-corrected chi connectivity index (χ3v) is 6.33. The van der Waals surface area contributed by atoms with Crippen LogP contribution in [-0.2, 0) is 33.0 Å². The summed E-state index contributed by atoms with van der Waals surface area (Å²) in [5, 5.41) is 16.2. The topological polar surface area (TPSA) is 57.5 Å². The van der Waals surface area contributed by atoms with Crippen LogP contribution in [0.25, 0.3) is 0 Å². The number of nitrogens with zero attached hydrogens (tertiary/aromatic N) is 4. The molecule has 2 N–H and O–H groups in total. The molecule has 3 rings (SSSR count). The molecule has 2 aromatic rings. The van der Waals surface area contributed by atoms with E-state index in [2.05, 4.69) is 56.3 Å². The summed E-state index contributed by atoms with van der Waals surface area (Å²) in [5.74, 6) is 0.893. The van der Waals surface area contributed by atoms with E-state index in [4.69, 9.17) is 0 Å².